The topological polar surface area (TPSA) is 188 Å². The van der Waals surface area contributed by atoms with Crippen molar-refractivity contribution in [2.45, 2.75) is 17.4 Å². The number of rotatable bonds is 5. The van der Waals surface area contributed by atoms with E-state index in [4.69, 9.17) is 15.4 Å². The summed E-state index contributed by atoms with van der Waals surface area (Å²) in [4.78, 5) is 10.5. The molecule has 2 aromatic rings. The predicted molar refractivity (Wildman–Crippen MR) is 94.2 cm³/mol. The maximum Gasteiger partial charge on any atom is 0.267 e. The maximum atomic E-state index is 10.7. The monoisotopic (exact) mass is 405 g/mol. The molecule has 0 spiro atoms. The second-order valence-corrected chi connectivity index (χ2v) is 7.63. The summed E-state index contributed by atoms with van der Waals surface area (Å²) < 4.78 is 21.1. The van der Waals surface area contributed by atoms with Crippen molar-refractivity contribution in [2.24, 2.45) is 5.14 Å². The van der Waals surface area contributed by atoms with E-state index in [-0.39, 0.29) is 26.9 Å². The Morgan fingerprint density at radius 2 is 1.96 bits per heavy atom. The van der Waals surface area contributed by atoms with Gasteiger partial charge in [-0.1, -0.05) is 17.4 Å². The SMILES string of the molecule is CC(=O)Nc1nnc(S(N)(=O)=O)s1.CNC[C@H](O)c1ccc(O)c(O)c1. The minimum Gasteiger partial charge on any atom is -0.504 e. The van der Waals surface area contributed by atoms with Gasteiger partial charge in [0, 0.05) is 13.5 Å². The summed E-state index contributed by atoms with van der Waals surface area (Å²) in [5.74, 6) is -0.745. The molecular formula is C13H19N5O6S2. The number of phenols is 2. The summed E-state index contributed by atoms with van der Waals surface area (Å²) in [6.07, 6.45) is -0.670. The first-order chi connectivity index (χ1) is 12.0. The number of nitrogens with zero attached hydrogens (tertiary/aromatic N) is 2. The Bertz CT molecular complexity index is 854. The molecule has 1 aromatic heterocycles. The fourth-order valence-electron chi connectivity index (χ4n) is 1.58. The van der Waals surface area contributed by atoms with Crippen molar-refractivity contribution in [3.63, 3.8) is 0 Å². The Kier molecular flexibility index (Phi) is 7.85. The van der Waals surface area contributed by atoms with Crippen LogP contribution in [-0.4, -0.2) is 53.4 Å². The fraction of sp³-hybridized carbons (Fsp3) is 0.308. The number of hydrogen-bond donors (Lipinski definition) is 6. The number of hydrogen-bond acceptors (Lipinski definition) is 10. The largest absolute Gasteiger partial charge is 0.504 e. The van der Waals surface area contributed by atoms with Crippen LogP contribution in [0.25, 0.3) is 0 Å². The van der Waals surface area contributed by atoms with Crippen molar-refractivity contribution in [3.05, 3.63) is 23.8 Å². The highest BCUT2D eigenvalue weighted by Crippen LogP contribution is 2.27. The number of aliphatic hydroxyl groups is 1. The molecule has 0 fully saturated rings. The van der Waals surface area contributed by atoms with E-state index in [2.05, 4.69) is 20.8 Å². The molecule has 0 saturated carbocycles. The van der Waals surface area contributed by atoms with Crippen LogP contribution >= 0.6 is 11.3 Å². The highest BCUT2D eigenvalue weighted by atomic mass is 32.2. The molecule has 1 atom stereocenters. The zero-order valence-corrected chi connectivity index (χ0v) is 15.5. The van der Waals surface area contributed by atoms with Gasteiger partial charge in [0.05, 0.1) is 6.10 Å². The van der Waals surface area contributed by atoms with Crippen molar-refractivity contribution in [2.75, 3.05) is 18.9 Å². The summed E-state index contributed by atoms with van der Waals surface area (Å²) in [5, 5.41) is 44.3. The minimum atomic E-state index is -3.82. The average Bonchev–Trinajstić information content (AvgIpc) is 2.99. The van der Waals surface area contributed by atoms with E-state index in [1.165, 1.54) is 19.1 Å². The third kappa shape index (κ3) is 6.89. The Morgan fingerprint density at radius 1 is 1.31 bits per heavy atom. The molecule has 2 rings (SSSR count). The molecule has 1 aromatic carbocycles. The van der Waals surface area contributed by atoms with Crippen LogP contribution in [-0.2, 0) is 14.8 Å². The Morgan fingerprint density at radius 3 is 2.42 bits per heavy atom. The Hall–Kier alpha value is -2.32. The molecular weight excluding hydrogens is 386 g/mol. The zero-order chi connectivity index (χ0) is 19.9. The number of sulfonamides is 1. The van der Waals surface area contributed by atoms with Gasteiger partial charge in [0.2, 0.25) is 15.4 Å². The molecule has 1 amide bonds. The van der Waals surface area contributed by atoms with E-state index in [9.17, 15) is 18.3 Å². The number of amides is 1. The van der Waals surface area contributed by atoms with Crippen LogP contribution in [0.1, 0.15) is 18.6 Å². The average molecular weight is 405 g/mol. The maximum absolute atomic E-state index is 10.7. The minimum absolute atomic E-state index is 0.108. The van der Waals surface area contributed by atoms with Crippen LogP contribution in [0.2, 0.25) is 0 Å². The van der Waals surface area contributed by atoms with Crippen molar-refractivity contribution in [3.8, 4) is 11.5 Å². The second-order valence-electron chi connectivity index (χ2n) is 4.92. The summed E-state index contributed by atoms with van der Waals surface area (Å²) >= 11 is 0.701. The number of benzene rings is 1. The highest BCUT2D eigenvalue weighted by molar-refractivity contribution is 7.91. The second kappa shape index (κ2) is 9.40. The van der Waals surface area contributed by atoms with Crippen LogP contribution in [0.4, 0.5) is 5.13 Å². The molecule has 0 aliphatic rings. The number of likely N-dealkylation sites (N-methyl/N-ethyl adjacent to an activating group) is 1. The third-order valence-electron chi connectivity index (χ3n) is 2.71. The highest BCUT2D eigenvalue weighted by Gasteiger charge is 2.15. The van der Waals surface area contributed by atoms with Gasteiger partial charge in [-0.2, -0.15) is 0 Å². The van der Waals surface area contributed by atoms with Crippen molar-refractivity contribution < 1.29 is 28.5 Å². The Labute approximate surface area is 153 Å². The van der Waals surface area contributed by atoms with E-state index in [1.54, 1.807) is 13.1 Å². The lowest BCUT2D eigenvalue weighted by Crippen LogP contribution is -2.16. The number of primary sulfonamides is 1. The van der Waals surface area contributed by atoms with E-state index < -0.39 is 16.1 Å². The molecule has 0 saturated heterocycles. The first-order valence-corrected chi connectivity index (χ1v) is 9.39. The smallest absolute Gasteiger partial charge is 0.267 e. The molecule has 7 N–H and O–H groups in total. The van der Waals surface area contributed by atoms with Crippen LogP contribution in [0, 0.1) is 0 Å². The molecule has 11 nitrogen and oxygen atoms in total. The Balaban J connectivity index is 0.000000260. The number of nitrogens with one attached hydrogen (secondary N) is 2. The zero-order valence-electron chi connectivity index (χ0n) is 13.9. The lowest BCUT2D eigenvalue weighted by atomic mass is 10.1. The molecule has 144 valence electrons. The van der Waals surface area contributed by atoms with Crippen molar-refractivity contribution >= 4 is 32.4 Å². The van der Waals surface area contributed by atoms with Gasteiger partial charge in [0.15, 0.2) is 11.5 Å². The quantitative estimate of drug-likeness (QED) is 0.281. The molecule has 0 aliphatic carbocycles. The molecule has 13 heteroatoms. The molecule has 0 aliphatic heterocycles. The van der Waals surface area contributed by atoms with E-state index in [1.807, 2.05) is 0 Å². The van der Waals surface area contributed by atoms with Crippen LogP contribution in [0.5, 0.6) is 11.5 Å². The van der Waals surface area contributed by atoms with Gasteiger partial charge in [-0.25, -0.2) is 13.6 Å². The molecule has 0 unspecified atom stereocenters. The third-order valence-corrected chi connectivity index (χ3v) is 4.86. The number of anilines is 1. The standard InChI is InChI=1S/C9H13NO3.C4H6N4O3S2/c1-10-5-9(13)6-2-3-7(11)8(12)4-6;1-2(9)6-3-7-8-4(12-3)13(5,10)11/h2-4,9-13H,5H2,1H3;1H3,(H2,5,10,11)(H,6,7,9)/t9-;/m0./s1. The number of aromatic hydroxyl groups is 2. The number of carbonyl (C=O) groups excluding carboxylic acids is 1. The van der Waals surface area contributed by atoms with Gasteiger partial charge >= 0.3 is 0 Å². The normalized spacial score (nSPS) is 12.0. The molecule has 0 radical (unpaired) electrons. The van der Waals surface area contributed by atoms with Crippen LogP contribution in [0.3, 0.4) is 0 Å². The van der Waals surface area contributed by atoms with Gasteiger partial charge in [-0.3, -0.25) is 4.79 Å². The van der Waals surface area contributed by atoms with Gasteiger partial charge in [0.1, 0.15) is 0 Å². The van der Waals surface area contributed by atoms with E-state index in [0.29, 0.717) is 23.4 Å². The van der Waals surface area contributed by atoms with Gasteiger partial charge < -0.3 is 26.0 Å². The van der Waals surface area contributed by atoms with Crippen LogP contribution in [0.15, 0.2) is 22.5 Å². The first-order valence-electron chi connectivity index (χ1n) is 7.03. The van der Waals surface area contributed by atoms with Crippen molar-refractivity contribution in [1.29, 1.82) is 0 Å². The first kappa shape index (κ1) is 21.7. The number of aliphatic hydroxyl groups excluding tert-OH is 1. The number of aromatic nitrogens is 2. The number of nitrogens with two attached hydrogens (primary N) is 1. The van der Waals surface area contributed by atoms with Crippen molar-refractivity contribution in [1.82, 2.24) is 15.5 Å². The summed E-state index contributed by atoms with van der Waals surface area (Å²) in [6, 6.07) is 4.26. The lowest BCUT2D eigenvalue weighted by molar-refractivity contribution is -0.114. The number of phenolic OH excluding ortho intramolecular Hbond substituents is 2. The van der Waals surface area contributed by atoms with Gasteiger partial charge in [-0.15, -0.1) is 10.2 Å². The fourth-order valence-corrected chi connectivity index (χ4v) is 2.96. The van der Waals surface area contributed by atoms with E-state index in [0.717, 1.165) is 0 Å². The summed E-state index contributed by atoms with van der Waals surface area (Å²) in [7, 11) is -2.10. The van der Waals surface area contributed by atoms with Crippen LogP contribution < -0.4 is 15.8 Å². The summed E-state index contributed by atoms with van der Waals surface area (Å²) in [6.45, 7) is 1.68. The molecule has 1 heterocycles. The lowest BCUT2D eigenvalue weighted by Gasteiger charge is -2.10. The van der Waals surface area contributed by atoms with Gasteiger partial charge in [0.25, 0.3) is 10.0 Å². The van der Waals surface area contributed by atoms with Gasteiger partial charge in [-0.05, 0) is 24.7 Å². The summed E-state index contributed by atoms with van der Waals surface area (Å²) in [5.41, 5.74) is 0.574. The van der Waals surface area contributed by atoms with E-state index >= 15 is 0 Å². The molecule has 0 bridgehead atoms. The predicted octanol–water partition coefficient (Wildman–Crippen LogP) is -0.505. The number of carbonyl (C=O) groups is 1. The molecule has 26 heavy (non-hydrogen) atoms.